The van der Waals surface area contributed by atoms with Crippen molar-refractivity contribution in [3.63, 3.8) is 0 Å². The Hall–Kier alpha value is -1.49. The highest BCUT2D eigenvalue weighted by Crippen LogP contribution is 2.31. The van der Waals surface area contributed by atoms with Crippen LogP contribution in [0.2, 0.25) is 0 Å². The summed E-state index contributed by atoms with van der Waals surface area (Å²) in [5.74, 6) is 0.446. The molecular formula is C13H17N3OS. The Morgan fingerprint density at radius 3 is 2.67 bits per heavy atom. The summed E-state index contributed by atoms with van der Waals surface area (Å²) >= 11 is 4.88. The molecule has 0 spiro atoms. The minimum Gasteiger partial charge on any atom is -0.393 e. The van der Waals surface area contributed by atoms with Gasteiger partial charge in [-0.15, -0.1) is 0 Å². The molecule has 0 aliphatic heterocycles. The Labute approximate surface area is 112 Å². The lowest BCUT2D eigenvalue weighted by atomic mass is 10.2. The van der Waals surface area contributed by atoms with Crippen LogP contribution in [0.25, 0.3) is 0 Å². The molecule has 4 nitrogen and oxygen atoms in total. The molecule has 0 bridgehead atoms. The van der Waals surface area contributed by atoms with Crippen LogP contribution in [0.5, 0.6) is 0 Å². The lowest BCUT2D eigenvalue weighted by Crippen LogP contribution is -2.34. The highest BCUT2D eigenvalue weighted by molar-refractivity contribution is 7.80. The van der Waals surface area contributed by atoms with Gasteiger partial charge in [0.05, 0.1) is 4.99 Å². The lowest BCUT2D eigenvalue weighted by Gasteiger charge is -2.22. The quantitative estimate of drug-likeness (QED) is 0.790. The van der Waals surface area contributed by atoms with Crippen molar-refractivity contribution in [1.82, 2.24) is 9.88 Å². The average molecular weight is 263 g/mol. The third-order valence-electron chi connectivity index (χ3n) is 2.99. The van der Waals surface area contributed by atoms with Crippen LogP contribution < -0.4 is 5.73 Å². The second-order valence-electron chi connectivity index (χ2n) is 4.61. The van der Waals surface area contributed by atoms with Crippen molar-refractivity contribution in [3.05, 3.63) is 30.1 Å². The Morgan fingerprint density at radius 1 is 1.44 bits per heavy atom. The first-order chi connectivity index (χ1) is 8.66. The maximum absolute atomic E-state index is 12.1. The minimum absolute atomic E-state index is 0.221. The van der Waals surface area contributed by atoms with E-state index in [0.717, 1.165) is 18.4 Å². The summed E-state index contributed by atoms with van der Waals surface area (Å²) in [6.45, 7) is 1.22. The van der Waals surface area contributed by atoms with Crippen molar-refractivity contribution in [1.29, 1.82) is 0 Å². The number of hydrogen-bond acceptors (Lipinski definition) is 3. The molecule has 1 aromatic rings. The zero-order valence-electron chi connectivity index (χ0n) is 10.2. The lowest BCUT2D eigenvalue weighted by molar-refractivity contribution is -0.133. The summed E-state index contributed by atoms with van der Waals surface area (Å²) in [6.07, 6.45) is 6.09. The summed E-state index contributed by atoms with van der Waals surface area (Å²) in [5.41, 5.74) is 6.59. The van der Waals surface area contributed by atoms with Crippen molar-refractivity contribution in [2.24, 2.45) is 11.7 Å². The Bertz CT molecular complexity index is 431. The Balaban J connectivity index is 1.99. The van der Waals surface area contributed by atoms with Crippen LogP contribution in [0.1, 0.15) is 24.8 Å². The third kappa shape index (κ3) is 3.77. The van der Waals surface area contributed by atoms with Gasteiger partial charge in [0.25, 0.3) is 0 Å². The normalized spacial score (nSPS) is 14.2. The zero-order valence-corrected chi connectivity index (χ0v) is 11.0. The number of nitrogens with two attached hydrogens (primary N) is 1. The van der Waals surface area contributed by atoms with Crippen molar-refractivity contribution in [2.45, 2.75) is 25.8 Å². The molecule has 18 heavy (non-hydrogen) atoms. The van der Waals surface area contributed by atoms with Crippen molar-refractivity contribution in [3.8, 4) is 0 Å². The molecule has 1 aliphatic rings. The summed E-state index contributed by atoms with van der Waals surface area (Å²) < 4.78 is 0. The fraction of sp³-hybridized carbons (Fsp3) is 0.462. The Morgan fingerprint density at radius 2 is 2.11 bits per heavy atom. The van der Waals surface area contributed by atoms with Gasteiger partial charge in [0.1, 0.15) is 0 Å². The molecule has 0 aromatic carbocycles. The fourth-order valence-electron chi connectivity index (χ4n) is 1.81. The van der Waals surface area contributed by atoms with E-state index in [1.165, 1.54) is 0 Å². The number of pyridine rings is 1. The first-order valence-corrected chi connectivity index (χ1v) is 6.53. The number of thiocarbonyl (C=S) groups is 1. The van der Waals surface area contributed by atoms with E-state index in [-0.39, 0.29) is 11.8 Å². The van der Waals surface area contributed by atoms with Crippen LogP contribution in [0.4, 0.5) is 0 Å². The number of hydrogen-bond donors (Lipinski definition) is 1. The van der Waals surface area contributed by atoms with E-state index in [9.17, 15) is 4.79 Å². The van der Waals surface area contributed by atoms with Gasteiger partial charge in [0.2, 0.25) is 5.91 Å². The predicted octanol–water partition coefficient (Wildman–Crippen LogP) is 1.50. The molecule has 2 N–H and O–H groups in total. The summed E-state index contributed by atoms with van der Waals surface area (Å²) in [7, 11) is 0. The minimum atomic E-state index is 0.221. The van der Waals surface area contributed by atoms with Gasteiger partial charge in [-0.3, -0.25) is 9.78 Å². The van der Waals surface area contributed by atoms with Gasteiger partial charge >= 0.3 is 0 Å². The zero-order chi connectivity index (χ0) is 13.0. The van der Waals surface area contributed by atoms with E-state index >= 15 is 0 Å². The first-order valence-electron chi connectivity index (χ1n) is 6.13. The van der Waals surface area contributed by atoms with Crippen LogP contribution in [-0.2, 0) is 11.3 Å². The smallest absolute Gasteiger partial charge is 0.225 e. The van der Waals surface area contributed by atoms with Crippen LogP contribution in [0.3, 0.4) is 0 Å². The second-order valence-corrected chi connectivity index (χ2v) is 5.13. The van der Waals surface area contributed by atoms with Crippen LogP contribution in [-0.4, -0.2) is 27.3 Å². The van der Waals surface area contributed by atoms with Gasteiger partial charge < -0.3 is 10.6 Å². The van der Waals surface area contributed by atoms with Crippen LogP contribution >= 0.6 is 12.2 Å². The molecule has 96 valence electrons. The number of nitrogens with zero attached hydrogens (tertiary/aromatic N) is 2. The molecule has 0 atom stereocenters. The number of rotatable bonds is 6. The maximum atomic E-state index is 12.1. The number of aromatic nitrogens is 1. The van der Waals surface area contributed by atoms with Crippen molar-refractivity contribution >= 4 is 23.1 Å². The van der Waals surface area contributed by atoms with Gasteiger partial charge in [-0.2, -0.15) is 0 Å². The second kappa shape index (κ2) is 5.91. The monoisotopic (exact) mass is 263 g/mol. The SMILES string of the molecule is NC(=S)CCN(Cc1ccncc1)C(=O)C1CC1. The molecule has 5 heteroatoms. The van der Waals surface area contributed by atoms with Gasteiger partial charge in [-0.1, -0.05) is 12.2 Å². The average Bonchev–Trinajstić information content (AvgIpc) is 3.19. The molecule has 2 rings (SSSR count). The molecule has 0 unspecified atom stereocenters. The molecule has 0 radical (unpaired) electrons. The highest BCUT2D eigenvalue weighted by Gasteiger charge is 2.33. The Kier molecular flexibility index (Phi) is 4.25. The van der Waals surface area contributed by atoms with Crippen molar-refractivity contribution < 1.29 is 4.79 Å². The third-order valence-corrected chi connectivity index (χ3v) is 3.19. The topological polar surface area (TPSA) is 59.2 Å². The van der Waals surface area contributed by atoms with E-state index in [4.69, 9.17) is 18.0 Å². The van der Waals surface area contributed by atoms with Gasteiger partial charge in [-0.25, -0.2) is 0 Å². The number of carbonyl (C=O) groups is 1. The van der Waals surface area contributed by atoms with E-state index in [2.05, 4.69) is 4.98 Å². The highest BCUT2D eigenvalue weighted by atomic mass is 32.1. The molecule has 0 saturated heterocycles. The summed E-state index contributed by atoms with van der Waals surface area (Å²) in [4.78, 5) is 18.4. The van der Waals surface area contributed by atoms with E-state index in [1.54, 1.807) is 12.4 Å². The van der Waals surface area contributed by atoms with E-state index in [1.807, 2.05) is 17.0 Å². The van der Waals surface area contributed by atoms with Gasteiger partial charge in [0, 0.05) is 37.8 Å². The van der Waals surface area contributed by atoms with E-state index < -0.39 is 0 Å². The number of amides is 1. The molecule has 1 amide bonds. The molecular weight excluding hydrogens is 246 g/mol. The first kappa shape index (κ1) is 13.0. The summed E-state index contributed by atoms with van der Waals surface area (Å²) in [6, 6.07) is 3.85. The molecule has 1 fully saturated rings. The summed E-state index contributed by atoms with van der Waals surface area (Å²) in [5, 5.41) is 0. The van der Waals surface area contributed by atoms with Gasteiger partial charge in [-0.05, 0) is 30.5 Å². The van der Waals surface area contributed by atoms with Gasteiger partial charge in [0.15, 0.2) is 0 Å². The molecule has 1 aromatic heterocycles. The predicted molar refractivity (Wildman–Crippen MR) is 73.8 cm³/mol. The maximum Gasteiger partial charge on any atom is 0.225 e. The van der Waals surface area contributed by atoms with Crippen molar-refractivity contribution in [2.75, 3.05) is 6.54 Å². The molecule has 1 heterocycles. The molecule has 1 saturated carbocycles. The van der Waals surface area contributed by atoms with Crippen LogP contribution in [0.15, 0.2) is 24.5 Å². The standard InChI is InChI=1S/C13H17N3OS/c14-12(18)5-8-16(13(17)11-1-2-11)9-10-3-6-15-7-4-10/h3-4,6-7,11H,1-2,5,8-9H2,(H2,14,18). The van der Waals surface area contributed by atoms with Crippen LogP contribution in [0, 0.1) is 5.92 Å². The van der Waals surface area contributed by atoms with E-state index in [0.29, 0.717) is 24.5 Å². The number of carbonyl (C=O) groups excluding carboxylic acids is 1. The fourth-order valence-corrected chi connectivity index (χ4v) is 1.90. The molecule has 1 aliphatic carbocycles. The largest absolute Gasteiger partial charge is 0.393 e.